The number of ether oxygens (including phenoxy) is 1. The Kier molecular flexibility index (Phi) is 7.98. The highest BCUT2D eigenvalue weighted by Crippen LogP contribution is 2.24. The summed E-state index contributed by atoms with van der Waals surface area (Å²) in [6.07, 6.45) is 0. The van der Waals surface area contributed by atoms with E-state index in [9.17, 15) is 9.59 Å². The highest BCUT2D eigenvalue weighted by Gasteiger charge is 2.20. The van der Waals surface area contributed by atoms with Gasteiger partial charge in [-0.2, -0.15) is 0 Å². The molecule has 0 heterocycles. The molecule has 0 aliphatic carbocycles. The number of rotatable bonds is 9. The second kappa shape index (κ2) is 11.7. The molecule has 2 amide bonds. The van der Waals surface area contributed by atoms with Crippen molar-refractivity contribution in [1.82, 2.24) is 5.32 Å². The standard InChI is InChI=1S/C30H29N3O3/c1-21(29(34)33-28(22-11-5-3-6-12-22)23-13-7-4-8-14-23)31-25-19-17-24(18-20-25)30(35)32-26-15-9-10-16-27(26)36-2/h3-21,28,31H,1-2H3,(H,32,35)(H,33,34)/t21-/m0/s1. The summed E-state index contributed by atoms with van der Waals surface area (Å²) < 4.78 is 5.29. The van der Waals surface area contributed by atoms with E-state index in [1.807, 2.05) is 79.7 Å². The molecule has 0 fully saturated rings. The molecule has 0 radical (unpaired) electrons. The predicted octanol–water partition coefficient (Wildman–Crippen LogP) is 5.65. The molecule has 1 atom stereocenters. The van der Waals surface area contributed by atoms with Gasteiger partial charge in [0.15, 0.2) is 0 Å². The summed E-state index contributed by atoms with van der Waals surface area (Å²) >= 11 is 0. The Morgan fingerprint density at radius 1 is 0.722 bits per heavy atom. The van der Waals surface area contributed by atoms with Gasteiger partial charge in [-0.1, -0.05) is 72.8 Å². The lowest BCUT2D eigenvalue weighted by Crippen LogP contribution is -2.40. The fourth-order valence-corrected chi connectivity index (χ4v) is 3.89. The normalized spacial score (nSPS) is 11.4. The van der Waals surface area contributed by atoms with E-state index in [1.54, 1.807) is 43.5 Å². The van der Waals surface area contributed by atoms with Crippen molar-refractivity contribution in [2.45, 2.75) is 19.0 Å². The van der Waals surface area contributed by atoms with Gasteiger partial charge in [-0.05, 0) is 54.4 Å². The van der Waals surface area contributed by atoms with Crippen molar-refractivity contribution in [3.8, 4) is 5.75 Å². The van der Waals surface area contributed by atoms with E-state index >= 15 is 0 Å². The number of carbonyl (C=O) groups excluding carboxylic acids is 2. The van der Waals surface area contributed by atoms with Crippen LogP contribution in [0.15, 0.2) is 109 Å². The summed E-state index contributed by atoms with van der Waals surface area (Å²) in [5.74, 6) is 0.212. The number of hydrogen-bond donors (Lipinski definition) is 3. The Hall–Kier alpha value is -4.58. The molecular weight excluding hydrogens is 450 g/mol. The molecule has 182 valence electrons. The van der Waals surface area contributed by atoms with E-state index in [4.69, 9.17) is 4.74 Å². The van der Waals surface area contributed by atoms with Gasteiger partial charge in [-0.15, -0.1) is 0 Å². The zero-order valence-electron chi connectivity index (χ0n) is 20.3. The molecular formula is C30H29N3O3. The molecule has 0 aliphatic rings. The van der Waals surface area contributed by atoms with Crippen LogP contribution in [0.25, 0.3) is 0 Å². The molecule has 6 heteroatoms. The number of anilines is 2. The van der Waals surface area contributed by atoms with Crippen molar-refractivity contribution in [3.63, 3.8) is 0 Å². The van der Waals surface area contributed by atoms with Gasteiger partial charge < -0.3 is 20.7 Å². The lowest BCUT2D eigenvalue weighted by molar-refractivity contribution is -0.122. The third-order valence-corrected chi connectivity index (χ3v) is 5.83. The largest absolute Gasteiger partial charge is 0.495 e. The Balaban J connectivity index is 1.40. The molecule has 0 spiro atoms. The van der Waals surface area contributed by atoms with Crippen LogP contribution in [0.3, 0.4) is 0 Å². The zero-order chi connectivity index (χ0) is 25.3. The van der Waals surface area contributed by atoms with Crippen molar-refractivity contribution < 1.29 is 14.3 Å². The van der Waals surface area contributed by atoms with Crippen LogP contribution < -0.4 is 20.7 Å². The van der Waals surface area contributed by atoms with Gasteiger partial charge in [0, 0.05) is 11.3 Å². The van der Waals surface area contributed by atoms with Gasteiger partial charge in [0.2, 0.25) is 5.91 Å². The molecule has 0 saturated heterocycles. The van der Waals surface area contributed by atoms with Crippen LogP contribution >= 0.6 is 0 Å². The number of amides is 2. The van der Waals surface area contributed by atoms with Crippen molar-refractivity contribution in [2.75, 3.05) is 17.7 Å². The van der Waals surface area contributed by atoms with Crippen LogP contribution in [0.2, 0.25) is 0 Å². The molecule has 36 heavy (non-hydrogen) atoms. The quantitative estimate of drug-likeness (QED) is 0.290. The number of hydrogen-bond acceptors (Lipinski definition) is 4. The molecule has 0 aliphatic heterocycles. The van der Waals surface area contributed by atoms with Gasteiger partial charge in [0.1, 0.15) is 11.8 Å². The maximum Gasteiger partial charge on any atom is 0.255 e. The van der Waals surface area contributed by atoms with Gasteiger partial charge >= 0.3 is 0 Å². The third kappa shape index (κ3) is 6.10. The second-order valence-corrected chi connectivity index (χ2v) is 8.36. The van der Waals surface area contributed by atoms with E-state index in [0.29, 0.717) is 17.0 Å². The van der Waals surface area contributed by atoms with Gasteiger partial charge in [-0.3, -0.25) is 9.59 Å². The number of carbonyl (C=O) groups is 2. The summed E-state index contributed by atoms with van der Waals surface area (Å²) in [6.45, 7) is 1.81. The second-order valence-electron chi connectivity index (χ2n) is 8.36. The Morgan fingerprint density at radius 2 is 1.28 bits per heavy atom. The van der Waals surface area contributed by atoms with E-state index < -0.39 is 6.04 Å². The van der Waals surface area contributed by atoms with Crippen LogP contribution in [-0.4, -0.2) is 25.0 Å². The minimum Gasteiger partial charge on any atom is -0.495 e. The van der Waals surface area contributed by atoms with E-state index in [2.05, 4.69) is 16.0 Å². The Bertz CT molecular complexity index is 1250. The lowest BCUT2D eigenvalue weighted by atomic mass is 9.98. The number of nitrogens with one attached hydrogen (secondary N) is 3. The highest BCUT2D eigenvalue weighted by atomic mass is 16.5. The van der Waals surface area contributed by atoms with Crippen LogP contribution in [0.1, 0.15) is 34.5 Å². The SMILES string of the molecule is COc1ccccc1NC(=O)c1ccc(N[C@@H](C)C(=O)NC(c2ccccc2)c2ccccc2)cc1. The first-order chi connectivity index (χ1) is 17.5. The van der Waals surface area contributed by atoms with Crippen LogP contribution in [0.4, 0.5) is 11.4 Å². The first-order valence-corrected chi connectivity index (χ1v) is 11.8. The third-order valence-electron chi connectivity index (χ3n) is 5.83. The smallest absolute Gasteiger partial charge is 0.255 e. The van der Waals surface area contributed by atoms with Gasteiger partial charge in [0.25, 0.3) is 5.91 Å². The molecule has 6 nitrogen and oxygen atoms in total. The summed E-state index contributed by atoms with van der Waals surface area (Å²) in [6, 6.07) is 33.3. The minimum atomic E-state index is -0.492. The molecule has 4 aromatic rings. The molecule has 4 rings (SSSR count). The highest BCUT2D eigenvalue weighted by molar-refractivity contribution is 6.05. The molecule has 0 saturated carbocycles. The van der Waals surface area contributed by atoms with Gasteiger partial charge in [0.05, 0.1) is 18.8 Å². The average molecular weight is 480 g/mol. The maximum absolute atomic E-state index is 13.1. The number of methoxy groups -OCH3 is 1. The fraction of sp³-hybridized carbons (Fsp3) is 0.133. The predicted molar refractivity (Wildman–Crippen MR) is 143 cm³/mol. The van der Waals surface area contributed by atoms with Crippen LogP contribution in [0, 0.1) is 0 Å². The maximum atomic E-state index is 13.1. The van der Waals surface area contributed by atoms with E-state index in [0.717, 1.165) is 16.8 Å². The Labute approximate surface area is 211 Å². The van der Waals surface area contributed by atoms with Crippen LogP contribution in [0.5, 0.6) is 5.75 Å². The summed E-state index contributed by atoms with van der Waals surface area (Å²) in [7, 11) is 1.56. The summed E-state index contributed by atoms with van der Waals surface area (Å²) in [5, 5.41) is 9.24. The summed E-state index contributed by atoms with van der Waals surface area (Å²) in [5.41, 5.74) is 3.85. The molecule has 0 unspecified atom stereocenters. The zero-order valence-corrected chi connectivity index (χ0v) is 20.3. The lowest BCUT2D eigenvalue weighted by Gasteiger charge is -2.23. The minimum absolute atomic E-state index is 0.134. The van der Waals surface area contributed by atoms with Crippen molar-refractivity contribution >= 4 is 23.2 Å². The van der Waals surface area contributed by atoms with Crippen molar-refractivity contribution in [1.29, 1.82) is 0 Å². The van der Waals surface area contributed by atoms with Crippen molar-refractivity contribution in [2.24, 2.45) is 0 Å². The molecule has 3 N–H and O–H groups in total. The average Bonchev–Trinajstić information content (AvgIpc) is 2.93. The van der Waals surface area contributed by atoms with Crippen LogP contribution in [-0.2, 0) is 4.79 Å². The molecule has 0 bridgehead atoms. The first-order valence-electron chi connectivity index (χ1n) is 11.8. The first kappa shape index (κ1) is 24.5. The molecule has 4 aromatic carbocycles. The van der Waals surface area contributed by atoms with E-state index in [1.165, 1.54) is 0 Å². The number of para-hydroxylation sites is 2. The monoisotopic (exact) mass is 479 g/mol. The number of benzene rings is 4. The van der Waals surface area contributed by atoms with E-state index in [-0.39, 0.29) is 17.9 Å². The fourth-order valence-electron chi connectivity index (χ4n) is 3.89. The topological polar surface area (TPSA) is 79.5 Å². The molecule has 0 aromatic heterocycles. The Morgan fingerprint density at radius 3 is 1.86 bits per heavy atom. The van der Waals surface area contributed by atoms with Crippen molar-refractivity contribution in [3.05, 3.63) is 126 Å². The summed E-state index contributed by atoms with van der Waals surface area (Å²) in [4.78, 5) is 25.8. The van der Waals surface area contributed by atoms with Gasteiger partial charge in [-0.25, -0.2) is 0 Å².